The Morgan fingerprint density at radius 3 is 2.00 bits per heavy atom. The average molecular weight is 830 g/mol. The molecule has 0 saturated heterocycles. The summed E-state index contributed by atoms with van der Waals surface area (Å²) < 4.78 is 6.38. The van der Waals surface area contributed by atoms with E-state index < -0.39 is 0 Å². The van der Waals surface area contributed by atoms with Crippen LogP contribution in [0.5, 0.6) is 5.75 Å². The SMILES string of the molecule is C=C/C=C(CN(Cc1cc(CN(Cc2ccccn2)Cc2cccc(NC(=O)CCCCC)n2)cc(OCCCCN)c1)Cc1ccccn1)\N=C(/C)NC(=O)CCCCC. The fourth-order valence-electron chi connectivity index (χ4n) is 6.87. The van der Waals surface area contributed by atoms with Crippen LogP contribution in [0.1, 0.15) is 113 Å². The summed E-state index contributed by atoms with van der Waals surface area (Å²) in [7, 11) is 0. The topological polar surface area (TPSA) is 151 Å². The molecule has 0 aliphatic rings. The van der Waals surface area contributed by atoms with Gasteiger partial charge in [0.25, 0.3) is 0 Å². The Labute approximate surface area is 363 Å². The Bertz CT molecular complexity index is 1970. The van der Waals surface area contributed by atoms with Crippen molar-refractivity contribution in [3.63, 3.8) is 0 Å². The van der Waals surface area contributed by atoms with Crippen LogP contribution in [0.3, 0.4) is 0 Å². The van der Waals surface area contributed by atoms with E-state index in [9.17, 15) is 9.59 Å². The predicted molar refractivity (Wildman–Crippen MR) is 246 cm³/mol. The number of ether oxygens (including phenoxy) is 1. The lowest BCUT2D eigenvalue weighted by Crippen LogP contribution is -2.29. The highest BCUT2D eigenvalue weighted by Gasteiger charge is 2.16. The molecular weight excluding hydrogens is 763 g/mol. The second kappa shape index (κ2) is 28.1. The van der Waals surface area contributed by atoms with Gasteiger partial charge in [-0.15, -0.1) is 0 Å². The molecule has 0 aliphatic carbocycles. The van der Waals surface area contributed by atoms with E-state index in [2.05, 4.69) is 69.0 Å². The van der Waals surface area contributed by atoms with Gasteiger partial charge in [-0.25, -0.2) is 9.98 Å². The quantitative estimate of drug-likeness (QED) is 0.0221. The van der Waals surface area contributed by atoms with Gasteiger partial charge in [0.15, 0.2) is 0 Å². The second-order valence-corrected chi connectivity index (χ2v) is 15.4. The van der Waals surface area contributed by atoms with Gasteiger partial charge in [0.1, 0.15) is 17.4 Å². The minimum Gasteiger partial charge on any atom is -0.494 e. The van der Waals surface area contributed by atoms with Crippen LogP contribution in [0.25, 0.3) is 0 Å². The lowest BCUT2D eigenvalue weighted by Gasteiger charge is -2.25. The molecule has 12 nitrogen and oxygen atoms in total. The van der Waals surface area contributed by atoms with E-state index in [1.807, 2.05) is 73.8 Å². The van der Waals surface area contributed by atoms with Crippen molar-refractivity contribution in [1.82, 2.24) is 30.1 Å². The Balaban J connectivity index is 1.64. The fraction of sp³-hybridized carbons (Fsp3) is 0.429. The summed E-state index contributed by atoms with van der Waals surface area (Å²) in [4.78, 5) is 48.9. The molecule has 0 saturated carbocycles. The number of aromatic nitrogens is 3. The number of aliphatic imine (C=N–C) groups is 1. The zero-order valence-corrected chi connectivity index (χ0v) is 36.7. The number of allylic oxidation sites excluding steroid dienone is 2. The van der Waals surface area contributed by atoms with Gasteiger partial charge in [0.05, 0.1) is 29.4 Å². The Hall–Kier alpha value is -5.56. The van der Waals surface area contributed by atoms with Crippen molar-refractivity contribution >= 4 is 23.5 Å². The molecule has 0 aliphatic heterocycles. The molecule has 0 atom stereocenters. The first-order valence-corrected chi connectivity index (χ1v) is 21.9. The number of amidine groups is 1. The summed E-state index contributed by atoms with van der Waals surface area (Å²) in [6.45, 7) is 14.5. The molecule has 0 unspecified atom stereocenters. The highest BCUT2D eigenvalue weighted by molar-refractivity contribution is 5.97. The number of hydrogen-bond acceptors (Lipinski definition) is 10. The van der Waals surface area contributed by atoms with E-state index >= 15 is 0 Å². The molecule has 4 aromatic rings. The molecule has 0 radical (unpaired) electrons. The van der Waals surface area contributed by atoms with Gasteiger partial charge in [-0.2, -0.15) is 0 Å². The molecule has 3 aromatic heterocycles. The largest absolute Gasteiger partial charge is 0.494 e. The summed E-state index contributed by atoms with van der Waals surface area (Å²) >= 11 is 0. The maximum absolute atomic E-state index is 12.7. The summed E-state index contributed by atoms with van der Waals surface area (Å²) in [6.07, 6.45) is 15.8. The summed E-state index contributed by atoms with van der Waals surface area (Å²) in [6, 6.07) is 24.1. The van der Waals surface area contributed by atoms with Gasteiger partial charge in [0.2, 0.25) is 11.8 Å². The highest BCUT2D eigenvalue weighted by Crippen LogP contribution is 2.24. The maximum Gasteiger partial charge on any atom is 0.225 e. The van der Waals surface area contributed by atoms with Gasteiger partial charge in [-0.05, 0) is 105 Å². The molecule has 0 spiro atoms. The molecule has 61 heavy (non-hydrogen) atoms. The molecule has 1 aromatic carbocycles. The Kier molecular flexibility index (Phi) is 22.1. The van der Waals surface area contributed by atoms with Crippen LogP contribution in [0.15, 0.2) is 115 Å². The Morgan fingerprint density at radius 1 is 0.754 bits per heavy atom. The number of rotatable bonds is 28. The molecule has 3 heterocycles. The van der Waals surface area contributed by atoms with Crippen LogP contribution in [0.2, 0.25) is 0 Å². The molecule has 326 valence electrons. The highest BCUT2D eigenvalue weighted by atomic mass is 16.5. The van der Waals surface area contributed by atoms with Crippen LogP contribution in [-0.2, 0) is 42.3 Å². The number of amides is 2. The molecule has 12 heteroatoms. The van der Waals surface area contributed by atoms with Gasteiger partial charge in [-0.3, -0.25) is 29.4 Å². The first-order chi connectivity index (χ1) is 29.8. The number of carbonyl (C=O) groups excluding carboxylic acids is 2. The minimum absolute atomic E-state index is 0.0186. The molecule has 0 bridgehead atoms. The van der Waals surface area contributed by atoms with Crippen molar-refractivity contribution in [2.75, 3.05) is 25.0 Å². The first kappa shape index (κ1) is 48.1. The zero-order chi connectivity index (χ0) is 43.5. The van der Waals surface area contributed by atoms with Crippen LogP contribution < -0.4 is 21.1 Å². The number of carbonyl (C=O) groups is 2. The minimum atomic E-state index is -0.0288. The third-order valence-electron chi connectivity index (χ3n) is 9.73. The number of nitrogens with one attached hydrogen (secondary N) is 2. The number of benzene rings is 1. The first-order valence-electron chi connectivity index (χ1n) is 21.9. The van der Waals surface area contributed by atoms with Crippen LogP contribution >= 0.6 is 0 Å². The van der Waals surface area contributed by atoms with E-state index in [-0.39, 0.29) is 11.8 Å². The fourth-order valence-corrected chi connectivity index (χ4v) is 6.87. The number of hydrogen-bond donors (Lipinski definition) is 3. The number of anilines is 1. The van der Waals surface area contributed by atoms with Crippen LogP contribution in [0.4, 0.5) is 5.82 Å². The molecular formula is C49H67N9O3. The van der Waals surface area contributed by atoms with Gasteiger partial charge < -0.3 is 21.1 Å². The van der Waals surface area contributed by atoms with Crippen molar-refractivity contribution in [3.8, 4) is 5.75 Å². The third-order valence-corrected chi connectivity index (χ3v) is 9.73. The monoisotopic (exact) mass is 830 g/mol. The van der Waals surface area contributed by atoms with Gasteiger partial charge >= 0.3 is 0 Å². The van der Waals surface area contributed by atoms with E-state index in [0.717, 1.165) is 91.0 Å². The van der Waals surface area contributed by atoms with E-state index in [0.29, 0.717) is 76.9 Å². The lowest BCUT2D eigenvalue weighted by molar-refractivity contribution is -0.120. The number of nitrogens with zero attached hydrogens (tertiary/aromatic N) is 6. The van der Waals surface area contributed by atoms with E-state index in [1.165, 1.54) is 0 Å². The smallest absolute Gasteiger partial charge is 0.225 e. The van der Waals surface area contributed by atoms with E-state index in [4.69, 9.17) is 20.4 Å². The zero-order valence-electron chi connectivity index (χ0n) is 36.7. The normalized spacial score (nSPS) is 11.8. The van der Waals surface area contributed by atoms with Crippen LogP contribution in [-0.4, -0.2) is 62.1 Å². The summed E-state index contributed by atoms with van der Waals surface area (Å²) in [5.41, 5.74) is 11.4. The molecule has 4 N–H and O–H groups in total. The predicted octanol–water partition coefficient (Wildman–Crippen LogP) is 8.90. The third kappa shape index (κ3) is 19.6. The lowest BCUT2D eigenvalue weighted by atomic mass is 10.1. The van der Waals surface area contributed by atoms with Crippen molar-refractivity contribution in [2.24, 2.45) is 10.7 Å². The van der Waals surface area contributed by atoms with Crippen LogP contribution in [0, 0.1) is 0 Å². The van der Waals surface area contributed by atoms with Gasteiger partial charge in [-0.1, -0.05) is 76.5 Å². The number of pyridine rings is 3. The molecule has 2 amide bonds. The van der Waals surface area contributed by atoms with Gasteiger partial charge in [0, 0.05) is 64.5 Å². The number of unbranched alkanes of at least 4 members (excludes halogenated alkanes) is 5. The average Bonchev–Trinajstić information content (AvgIpc) is 3.23. The van der Waals surface area contributed by atoms with Crippen molar-refractivity contribution < 1.29 is 14.3 Å². The maximum atomic E-state index is 12.7. The van der Waals surface area contributed by atoms with Crippen molar-refractivity contribution in [3.05, 3.63) is 138 Å². The molecule has 4 rings (SSSR count). The second-order valence-electron chi connectivity index (χ2n) is 15.4. The summed E-state index contributed by atoms with van der Waals surface area (Å²) in [5, 5.41) is 5.96. The summed E-state index contributed by atoms with van der Waals surface area (Å²) in [5.74, 6) is 1.84. The van der Waals surface area contributed by atoms with Crippen molar-refractivity contribution in [1.29, 1.82) is 0 Å². The Morgan fingerprint density at radius 2 is 1.38 bits per heavy atom. The van der Waals surface area contributed by atoms with Crippen molar-refractivity contribution in [2.45, 2.75) is 118 Å². The van der Waals surface area contributed by atoms with E-state index in [1.54, 1.807) is 12.3 Å². The molecule has 0 fully saturated rings. The number of nitrogens with two attached hydrogens (primary N) is 1. The standard InChI is InChI=1S/C49H67N9O3/c1-5-8-10-24-48(59)54-39(4)53-44(19-7-3)37-57(35-42-20-12-15-27-51-42)33-40-30-41(32-46(31-40)61-29-17-14-26-50)34-58(36-43-21-13-16-28-52-43)38-45-22-18-23-47(55-45)56-49(60)25-11-9-6-2/h7,12-13,15-16,18-23,27-28,30-32H,3,5-6,8-11,14,17,24-26,29,33-38,50H2,1-2,4H3,(H,53,54,59)(H,55,56,60)/b44-19-.